The fourth-order valence-electron chi connectivity index (χ4n) is 4.66. The number of methoxy groups -OCH3 is 1. The molecule has 2 heterocycles. The number of ether oxygens (including phenoxy) is 1. The number of rotatable bonds is 9. The van der Waals surface area contributed by atoms with Crippen LogP contribution < -0.4 is 9.64 Å². The maximum atomic E-state index is 13.4. The van der Waals surface area contributed by atoms with Crippen molar-refractivity contribution < 1.29 is 13.9 Å². The normalized spacial score (nSPS) is 13.6. The molecule has 39 heavy (non-hydrogen) atoms. The van der Waals surface area contributed by atoms with E-state index in [-0.39, 0.29) is 11.7 Å². The minimum Gasteiger partial charge on any atom is -0.497 e. The smallest absolute Gasteiger partial charge is 0.273 e. The molecule has 4 aromatic rings. The molecule has 1 aromatic heterocycles. The van der Waals surface area contributed by atoms with Crippen molar-refractivity contribution in [2.24, 2.45) is 0 Å². The van der Waals surface area contributed by atoms with Crippen molar-refractivity contribution in [2.75, 3.05) is 38.2 Å². The number of hydrogen-bond acceptors (Lipinski definition) is 6. The molecule has 0 bridgehead atoms. The molecular weight excluding hydrogens is 535 g/mol. The molecule has 0 aliphatic carbocycles. The first kappa shape index (κ1) is 27.1. The van der Waals surface area contributed by atoms with Crippen LogP contribution in [0.25, 0.3) is 0 Å². The Morgan fingerprint density at radius 1 is 0.923 bits per heavy atom. The maximum Gasteiger partial charge on any atom is 0.273 e. The molecule has 0 radical (unpaired) electrons. The number of nitrogens with zero attached hydrogens (tertiary/aromatic N) is 4. The van der Waals surface area contributed by atoms with Crippen molar-refractivity contribution in [1.82, 2.24) is 14.8 Å². The van der Waals surface area contributed by atoms with Gasteiger partial charge in [0.2, 0.25) is 0 Å². The van der Waals surface area contributed by atoms with Gasteiger partial charge in [0.1, 0.15) is 22.3 Å². The van der Waals surface area contributed by atoms with E-state index in [0.29, 0.717) is 43.4 Å². The second-order valence-electron chi connectivity index (χ2n) is 9.50. The monoisotopic (exact) mass is 564 g/mol. The number of anilines is 1. The highest BCUT2D eigenvalue weighted by Gasteiger charge is 2.24. The van der Waals surface area contributed by atoms with Crippen molar-refractivity contribution in [3.8, 4) is 5.75 Å². The molecule has 5 rings (SSSR count). The number of piperazine rings is 1. The summed E-state index contributed by atoms with van der Waals surface area (Å²) in [4.78, 5) is 24.3. The van der Waals surface area contributed by atoms with Crippen LogP contribution in [0.4, 0.5) is 10.1 Å². The zero-order chi connectivity index (χ0) is 27.2. The lowest BCUT2D eigenvalue weighted by Crippen LogP contribution is -2.48. The van der Waals surface area contributed by atoms with Gasteiger partial charge in [0.15, 0.2) is 0 Å². The number of carbonyl (C=O) groups excluding carboxylic acids is 1. The molecule has 0 N–H and O–H groups in total. The van der Waals surface area contributed by atoms with Crippen molar-refractivity contribution in [2.45, 2.75) is 19.6 Å². The molecule has 1 amide bonds. The molecule has 1 aliphatic rings. The summed E-state index contributed by atoms with van der Waals surface area (Å²) in [7, 11) is 1.66. The van der Waals surface area contributed by atoms with Gasteiger partial charge >= 0.3 is 0 Å². The lowest BCUT2D eigenvalue weighted by atomic mass is 10.1. The van der Waals surface area contributed by atoms with Crippen LogP contribution in [0.5, 0.6) is 5.75 Å². The summed E-state index contributed by atoms with van der Waals surface area (Å²) in [6.45, 7) is 4.69. The zero-order valence-electron chi connectivity index (χ0n) is 21.7. The topological polar surface area (TPSA) is 48.9 Å². The summed E-state index contributed by atoms with van der Waals surface area (Å²) in [6, 6.07) is 22.3. The highest BCUT2D eigenvalue weighted by atomic mass is 35.5. The molecule has 9 heteroatoms. The summed E-state index contributed by atoms with van der Waals surface area (Å²) >= 11 is 7.56. The van der Waals surface area contributed by atoms with E-state index in [1.807, 2.05) is 58.8 Å². The van der Waals surface area contributed by atoms with Crippen molar-refractivity contribution >= 4 is 34.5 Å². The van der Waals surface area contributed by atoms with Crippen LogP contribution in [0.2, 0.25) is 5.02 Å². The highest BCUT2D eigenvalue weighted by molar-refractivity contribution is 7.09. The highest BCUT2D eigenvalue weighted by Crippen LogP contribution is 2.23. The van der Waals surface area contributed by atoms with E-state index in [9.17, 15) is 9.18 Å². The third-order valence-corrected chi connectivity index (χ3v) is 7.86. The third-order valence-electron chi connectivity index (χ3n) is 6.77. The summed E-state index contributed by atoms with van der Waals surface area (Å²) < 4.78 is 18.7. The van der Waals surface area contributed by atoms with Gasteiger partial charge in [0.25, 0.3) is 5.91 Å². The van der Waals surface area contributed by atoms with Crippen LogP contribution in [0, 0.1) is 5.82 Å². The third kappa shape index (κ3) is 7.15. The molecule has 202 valence electrons. The second-order valence-corrected chi connectivity index (χ2v) is 10.9. The van der Waals surface area contributed by atoms with E-state index in [1.165, 1.54) is 23.5 Å². The fraction of sp³-hybridized carbons (Fsp3) is 0.267. The van der Waals surface area contributed by atoms with E-state index in [0.717, 1.165) is 40.7 Å². The number of hydrogen-bond donors (Lipinski definition) is 0. The Balaban J connectivity index is 1.22. The van der Waals surface area contributed by atoms with Crippen molar-refractivity contribution in [3.63, 3.8) is 0 Å². The molecule has 1 fully saturated rings. The Hall–Kier alpha value is -3.46. The van der Waals surface area contributed by atoms with Crippen LogP contribution >= 0.6 is 22.9 Å². The van der Waals surface area contributed by atoms with E-state index in [4.69, 9.17) is 21.3 Å². The number of carbonyl (C=O) groups is 1. The van der Waals surface area contributed by atoms with Crippen LogP contribution in [-0.2, 0) is 19.6 Å². The quantitative estimate of drug-likeness (QED) is 0.245. The van der Waals surface area contributed by atoms with Gasteiger partial charge in [0.05, 0.1) is 13.7 Å². The Morgan fingerprint density at radius 2 is 1.54 bits per heavy atom. The van der Waals surface area contributed by atoms with E-state index in [1.54, 1.807) is 19.2 Å². The molecule has 0 saturated carbocycles. The molecule has 0 atom stereocenters. The van der Waals surface area contributed by atoms with Gasteiger partial charge in [-0.25, -0.2) is 9.37 Å². The average molecular weight is 565 g/mol. The Kier molecular flexibility index (Phi) is 8.76. The number of benzene rings is 3. The average Bonchev–Trinajstić information content (AvgIpc) is 3.43. The van der Waals surface area contributed by atoms with Crippen LogP contribution in [0.15, 0.2) is 78.2 Å². The Labute approximate surface area is 237 Å². The minimum absolute atomic E-state index is 0.0327. The maximum absolute atomic E-state index is 13.4. The first-order valence-electron chi connectivity index (χ1n) is 12.8. The number of thiazole rings is 1. The summed E-state index contributed by atoms with van der Waals surface area (Å²) in [6.07, 6.45) is 0. The molecule has 6 nitrogen and oxygen atoms in total. The van der Waals surface area contributed by atoms with Crippen LogP contribution in [0.1, 0.15) is 26.6 Å². The Morgan fingerprint density at radius 3 is 2.15 bits per heavy atom. The lowest BCUT2D eigenvalue weighted by molar-refractivity contribution is 0.0741. The van der Waals surface area contributed by atoms with Gasteiger partial charge in [0, 0.05) is 55.4 Å². The first-order chi connectivity index (χ1) is 19.0. The number of halogens is 2. The van der Waals surface area contributed by atoms with Gasteiger partial charge < -0.3 is 14.5 Å². The van der Waals surface area contributed by atoms with E-state index in [2.05, 4.69) is 9.80 Å². The predicted molar refractivity (Wildman–Crippen MR) is 154 cm³/mol. The predicted octanol–water partition coefficient (Wildman–Crippen LogP) is 6.11. The molecule has 1 saturated heterocycles. The van der Waals surface area contributed by atoms with Gasteiger partial charge in [-0.05, 0) is 59.7 Å². The molecule has 0 spiro atoms. The fourth-order valence-corrected chi connectivity index (χ4v) is 5.59. The second kappa shape index (κ2) is 12.6. The standard InChI is InChI=1S/C30H30ClFN4O2S/c1-38-27-12-10-26(11-13-27)35-14-16-36(17-15-35)30(37)28-21-39-29(33-28)20-34(18-22-2-6-24(31)7-3-22)19-23-4-8-25(32)9-5-23/h2-13,21H,14-20H2,1H3. The van der Waals surface area contributed by atoms with Crippen molar-refractivity contribution in [1.29, 1.82) is 0 Å². The SMILES string of the molecule is COc1ccc(N2CCN(C(=O)c3csc(CN(Cc4ccc(F)cc4)Cc4ccc(Cl)cc4)n3)CC2)cc1. The van der Waals surface area contributed by atoms with Crippen molar-refractivity contribution in [3.05, 3.63) is 111 Å². The van der Waals surface area contributed by atoms with Gasteiger partial charge in [-0.1, -0.05) is 35.9 Å². The molecule has 1 aliphatic heterocycles. The van der Waals surface area contributed by atoms with Gasteiger partial charge in [-0.2, -0.15) is 0 Å². The summed E-state index contributed by atoms with van der Waals surface area (Å²) in [5.41, 5.74) is 3.74. The molecule has 0 unspecified atom stereocenters. The van der Waals surface area contributed by atoms with Crippen LogP contribution in [-0.4, -0.2) is 54.0 Å². The summed E-state index contributed by atoms with van der Waals surface area (Å²) in [5, 5.41) is 3.41. The molecular formula is C30H30ClFN4O2S. The van der Waals surface area contributed by atoms with E-state index < -0.39 is 0 Å². The van der Waals surface area contributed by atoms with E-state index >= 15 is 0 Å². The lowest BCUT2D eigenvalue weighted by Gasteiger charge is -2.35. The number of amides is 1. The van der Waals surface area contributed by atoms with Gasteiger partial charge in [-0.15, -0.1) is 11.3 Å². The first-order valence-corrected chi connectivity index (χ1v) is 14.1. The summed E-state index contributed by atoms with van der Waals surface area (Å²) in [5.74, 6) is 0.543. The minimum atomic E-state index is -0.254. The largest absolute Gasteiger partial charge is 0.497 e. The molecule has 3 aromatic carbocycles. The number of aromatic nitrogens is 1. The zero-order valence-corrected chi connectivity index (χ0v) is 23.3. The van der Waals surface area contributed by atoms with Crippen LogP contribution in [0.3, 0.4) is 0 Å². The Bertz CT molecular complexity index is 1320. The van der Waals surface area contributed by atoms with Gasteiger partial charge in [-0.3, -0.25) is 9.69 Å².